The van der Waals surface area contributed by atoms with Crippen molar-refractivity contribution in [3.05, 3.63) is 29.8 Å². The van der Waals surface area contributed by atoms with Crippen LogP contribution in [-0.2, 0) is 18.0 Å². The lowest BCUT2D eigenvalue weighted by Gasteiger charge is -2.29. The van der Waals surface area contributed by atoms with Gasteiger partial charge in [-0.1, -0.05) is 31.9 Å². The molecule has 29 heavy (non-hydrogen) atoms. The summed E-state index contributed by atoms with van der Waals surface area (Å²) in [6.45, 7) is 3.77. The highest BCUT2D eigenvalue weighted by molar-refractivity contribution is 6.60. The monoisotopic (exact) mass is 424 g/mol. The minimum atomic E-state index is -2.47. The van der Waals surface area contributed by atoms with E-state index in [0.717, 1.165) is 50.7 Å². The summed E-state index contributed by atoms with van der Waals surface area (Å²) < 4.78 is 28.3. The predicted octanol–water partition coefficient (Wildman–Crippen LogP) is 5.57. The van der Waals surface area contributed by atoms with Gasteiger partial charge in [-0.25, -0.2) is 0 Å². The Hall–Kier alpha value is -0.923. The minimum absolute atomic E-state index is 0.371. The van der Waals surface area contributed by atoms with Crippen LogP contribution in [0.1, 0.15) is 69.8 Å². The zero-order chi connectivity index (χ0) is 21.0. The van der Waals surface area contributed by atoms with Crippen LogP contribution in [0.2, 0.25) is 6.04 Å². The normalized spacial score (nSPS) is 20.0. The van der Waals surface area contributed by atoms with Crippen LogP contribution in [0.15, 0.2) is 24.3 Å². The molecule has 0 amide bonds. The molecule has 2 rings (SSSR count). The van der Waals surface area contributed by atoms with Crippen molar-refractivity contribution in [3.63, 3.8) is 0 Å². The van der Waals surface area contributed by atoms with Gasteiger partial charge in [0, 0.05) is 34.0 Å². The maximum Gasteiger partial charge on any atom is 0.500 e. The quantitative estimate of drug-likeness (QED) is 0.289. The molecule has 0 spiro atoms. The van der Waals surface area contributed by atoms with Crippen LogP contribution in [0.5, 0.6) is 5.75 Å². The molecule has 0 saturated heterocycles. The van der Waals surface area contributed by atoms with Crippen molar-refractivity contribution in [3.8, 4) is 5.75 Å². The van der Waals surface area contributed by atoms with Crippen LogP contribution in [0.25, 0.3) is 0 Å². The predicted molar refractivity (Wildman–Crippen MR) is 119 cm³/mol. The Morgan fingerprint density at radius 2 is 1.48 bits per heavy atom. The topological polar surface area (TPSA) is 46.2 Å². The van der Waals surface area contributed by atoms with E-state index < -0.39 is 8.80 Å². The summed E-state index contributed by atoms with van der Waals surface area (Å²) in [5, 5.41) is 0. The Balaban J connectivity index is 1.66. The lowest BCUT2D eigenvalue weighted by atomic mass is 9.83. The zero-order valence-corrected chi connectivity index (χ0v) is 19.8. The fourth-order valence-electron chi connectivity index (χ4n) is 4.04. The van der Waals surface area contributed by atoms with E-state index in [1.807, 2.05) is 0 Å². The fourth-order valence-corrected chi connectivity index (χ4v) is 5.73. The standard InChI is InChI=1S/C23H40O5Si/c1-5-6-7-17-27-22-13-9-20(10-14-22)21-11-15-23(16-12-21)28-18-8-19-29(24-2,25-3)26-4/h9-10,13-14,21,23H,5-8,11-12,15-19H2,1-4H3. The fraction of sp³-hybridized carbons (Fsp3) is 0.739. The van der Waals surface area contributed by atoms with Gasteiger partial charge in [0.2, 0.25) is 0 Å². The maximum atomic E-state index is 6.11. The average Bonchev–Trinajstić information content (AvgIpc) is 2.78. The Morgan fingerprint density at radius 1 is 0.828 bits per heavy atom. The molecule has 0 N–H and O–H groups in total. The minimum Gasteiger partial charge on any atom is -0.494 e. The van der Waals surface area contributed by atoms with Crippen LogP contribution < -0.4 is 4.74 Å². The molecule has 1 saturated carbocycles. The molecular weight excluding hydrogens is 384 g/mol. The van der Waals surface area contributed by atoms with Crippen molar-refractivity contribution in [2.75, 3.05) is 34.5 Å². The number of hydrogen-bond donors (Lipinski definition) is 0. The van der Waals surface area contributed by atoms with Gasteiger partial charge in [-0.15, -0.1) is 0 Å². The molecular formula is C23H40O5Si. The number of hydrogen-bond acceptors (Lipinski definition) is 5. The summed E-state index contributed by atoms with van der Waals surface area (Å²) in [6, 6.07) is 9.53. The summed E-state index contributed by atoms with van der Waals surface area (Å²) in [7, 11) is 2.51. The molecule has 0 radical (unpaired) electrons. The molecule has 0 aromatic heterocycles. The highest BCUT2D eigenvalue weighted by Gasteiger charge is 2.37. The Morgan fingerprint density at radius 3 is 2.07 bits per heavy atom. The zero-order valence-electron chi connectivity index (χ0n) is 18.8. The number of rotatable bonds is 14. The first-order chi connectivity index (χ1) is 14.2. The molecule has 1 aromatic rings. The van der Waals surface area contributed by atoms with Crippen molar-refractivity contribution in [2.45, 2.75) is 76.4 Å². The molecule has 1 aliphatic carbocycles. The van der Waals surface area contributed by atoms with E-state index in [2.05, 4.69) is 31.2 Å². The van der Waals surface area contributed by atoms with Crippen LogP contribution in [-0.4, -0.2) is 49.5 Å². The molecule has 1 aromatic carbocycles. The third-order valence-corrected chi connectivity index (χ3v) is 8.79. The molecule has 0 aliphatic heterocycles. The van der Waals surface area contributed by atoms with Gasteiger partial charge in [-0.05, 0) is 62.1 Å². The highest BCUT2D eigenvalue weighted by atomic mass is 28.4. The smallest absolute Gasteiger partial charge is 0.494 e. The number of unbranched alkanes of at least 4 members (excludes halogenated alkanes) is 2. The van der Waals surface area contributed by atoms with Crippen molar-refractivity contribution in [1.82, 2.24) is 0 Å². The van der Waals surface area contributed by atoms with Crippen molar-refractivity contribution in [1.29, 1.82) is 0 Å². The molecule has 5 nitrogen and oxygen atoms in total. The molecule has 166 valence electrons. The summed E-state index contributed by atoms with van der Waals surface area (Å²) in [6.07, 6.45) is 9.50. The second kappa shape index (κ2) is 13.4. The van der Waals surface area contributed by atoms with E-state index in [0.29, 0.717) is 12.0 Å². The van der Waals surface area contributed by atoms with Gasteiger partial charge < -0.3 is 22.8 Å². The van der Waals surface area contributed by atoms with Crippen LogP contribution in [0.3, 0.4) is 0 Å². The molecule has 0 atom stereocenters. The first-order valence-corrected chi connectivity index (χ1v) is 13.1. The summed E-state index contributed by atoms with van der Waals surface area (Å²) in [4.78, 5) is 0. The first kappa shape index (κ1) is 24.3. The van der Waals surface area contributed by atoms with Gasteiger partial charge in [-0.2, -0.15) is 0 Å². The molecule has 1 fully saturated rings. The average molecular weight is 425 g/mol. The van der Waals surface area contributed by atoms with Crippen LogP contribution >= 0.6 is 0 Å². The molecule has 0 heterocycles. The third kappa shape index (κ3) is 8.02. The second-order valence-corrected chi connectivity index (χ2v) is 11.0. The van der Waals surface area contributed by atoms with Crippen LogP contribution in [0.4, 0.5) is 0 Å². The van der Waals surface area contributed by atoms with E-state index in [1.165, 1.54) is 31.2 Å². The largest absolute Gasteiger partial charge is 0.500 e. The van der Waals surface area contributed by atoms with Crippen LogP contribution in [0, 0.1) is 0 Å². The van der Waals surface area contributed by atoms with Gasteiger partial charge in [0.1, 0.15) is 5.75 Å². The third-order valence-electron chi connectivity index (χ3n) is 5.96. The lowest BCUT2D eigenvalue weighted by molar-refractivity contribution is 0.0225. The number of ether oxygens (including phenoxy) is 2. The number of benzene rings is 1. The summed E-state index contributed by atoms with van der Waals surface area (Å²) in [5.41, 5.74) is 1.43. The van der Waals surface area contributed by atoms with Crippen molar-refractivity contribution < 1.29 is 22.8 Å². The van der Waals surface area contributed by atoms with E-state index in [1.54, 1.807) is 21.3 Å². The van der Waals surface area contributed by atoms with Gasteiger partial charge in [0.05, 0.1) is 12.7 Å². The van der Waals surface area contributed by atoms with E-state index >= 15 is 0 Å². The molecule has 0 bridgehead atoms. The summed E-state index contributed by atoms with van der Waals surface area (Å²) in [5.74, 6) is 1.63. The summed E-state index contributed by atoms with van der Waals surface area (Å²) >= 11 is 0. The van der Waals surface area contributed by atoms with Crippen molar-refractivity contribution in [2.24, 2.45) is 0 Å². The van der Waals surface area contributed by atoms with Gasteiger partial charge in [-0.3, -0.25) is 0 Å². The van der Waals surface area contributed by atoms with Gasteiger partial charge in [0.15, 0.2) is 0 Å². The molecule has 1 aliphatic rings. The Kier molecular flexibility index (Phi) is 11.2. The van der Waals surface area contributed by atoms with E-state index in [-0.39, 0.29) is 0 Å². The van der Waals surface area contributed by atoms with Crippen molar-refractivity contribution >= 4 is 8.80 Å². The van der Waals surface area contributed by atoms with E-state index in [9.17, 15) is 0 Å². The molecule has 6 heteroatoms. The van der Waals surface area contributed by atoms with E-state index in [4.69, 9.17) is 22.8 Å². The molecule has 0 unspecified atom stereocenters. The second-order valence-electron chi connectivity index (χ2n) is 7.87. The SMILES string of the molecule is CCCCCOc1ccc(C2CCC(OCCC[Si](OC)(OC)OC)CC2)cc1. The highest BCUT2D eigenvalue weighted by Crippen LogP contribution is 2.34. The lowest BCUT2D eigenvalue weighted by Crippen LogP contribution is -2.42. The van der Waals surface area contributed by atoms with Gasteiger partial charge >= 0.3 is 8.80 Å². The Bertz CT molecular complexity index is 530. The maximum absolute atomic E-state index is 6.11. The Labute approximate surface area is 178 Å². The van der Waals surface area contributed by atoms with Gasteiger partial charge in [0.25, 0.3) is 0 Å². The first-order valence-electron chi connectivity index (χ1n) is 11.2.